The van der Waals surface area contributed by atoms with Crippen molar-refractivity contribution in [2.75, 3.05) is 12.4 Å². The van der Waals surface area contributed by atoms with Crippen LogP contribution in [0, 0.1) is 0 Å². The topological polar surface area (TPSA) is 55.4 Å². The molecule has 0 heterocycles. The molecular formula is C8H15NO3SSe. The van der Waals surface area contributed by atoms with E-state index in [0.717, 1.165) is 6.42 Å². The van der Waals surface area contributed by atoms with Gasteiger partial charge in [0.2, 0.25) is 0 Å². The monoisotopic (exact) mass is 285 g/mol. The molecule has 0 aliphatic carbocycles. The zero-order valence-corrected chi connectivity index (χ0v) is 10.9. The van der Waals surface area contributed by atoms with Gasteiger partial charge in [0.15, 0.2) is 0 Å². The number of thiol groups is 1. The molecule has 0 amide bonds. The summed E-state index contributed by atoms with van der Waals surface area (Å²) >= 11 is 3.65. The first-order valence-electron chi connectivity index (χ1n) is 4.32. The van der Waals surface area contributed by atoms with Gasteiger partial charge in [-0.2, -0.15) is 0 Å². The Bertz CT molecular complexity index is 201. The van der Waals surface area contributed by atoms with Crippen molar-refractivity contribution in [2.45, 2.75) is 26.3 Å². The third-order valence-electron chi connectivity index (χ3n) is 1.26. The van der Waals surface area contributed by atoms with Crippen LogP contribution in [0.4, 0.5) is 0 Å². The van der Waals surface area contributed by atoms with E-state index in [1.807, 2.05) is 6.92 Å². The van der Waals surface area contributed by atoms with Crippen LogP contribution < -0.4 is 4.33 Å². The molecule has 0 saturated carbocycles. The zero-order valence-electron chi connectivity index (χ0n) is 8.28. The van der Waals surface area contributed by atoms with E-state index in [2.05, 4.69) is 17.0 Å². The van der Waals surface area contributed by atoms with E-state index in [1.54, 1.807) is 0 Å². The molecule has 1 N–H and O–H groups in total. The first-order chi connectivity index (χ1) is 6.61. The molecule has 0 spiro atoms. The summed E-state index contributed by atoms with van der Waals surface area (Å²) in [4.78, 5) is 22.0. The second-order valence-corrected chi connectivity index (χ2v) is 5.11. The summed E-state index contributed by atoms with van der Waals surface area (Å²) in [6, 6.07) is -0.464. The Labute approximate surface area is 95.9 Å². The van der Waals surface area contributed by atoms with Crippen molar-refractivity contribution in [1.82, 2.24) is 4.33 Å². The van der Waals surface area contributed by atoms with Gasteiger partial charge >= 0.3 is 95.8 Å². The Hall–Kier alpha value is -0.0305. The Kier molecular flexibility index (Phi) is 8.27. The van der Waals surface area contributed by atoms with Crippen LogP contribution in [0.1, 0.15) is 20.3 Å². The maximum atomic E-state index is 11.3. The summed E-state index contributed by atoms with van der Waals surface area (Å²) in [6.07, 6.45) is 0.795. The maximum absolute atomic E-state index is 11.3. The average molecular weight is 284 g/mol. The molecule has 1 atom stereocenters. The normalized spacial score (nSPS) is 12.2. The van der Waals surface area contributed by atoms with Gasteiger partial charge in [0, 0.05) is 0 Å². The standard InChI is InChI=1S/C8H15NO3SSe/c1-3-4-12-8(11)7(5-13)9-14-6(2)10/h7,9,13H,3-5H2,1-2H3/t7-/m0/s1. The fourth-order valence-electron chi connectivity index (χ4n) is 0.617. The summed E-state index contributed by atoms with van der Waals surface area (Å²) in [5.41, 5.74) is 0. The molecule has 0 unspecified atom stereocenters. The van der Waals surface area contributed by atoms with Gasteiger partial charge in [0.05, 0.1) is 0 Å². The molecule has 0 fully saturated rings. The molecule has 0 radical (unpaired) electrons. The van der Waals surface area contributed by atoms with E-state index in [1.165, 1.54) is 6.92 Å². The Morgan fingerprint density at radius 3 is 2.64 bits per heavy atom. The van der Waals surface area contributed by atoms with Gasteiger partial charge in [-0.15, -0.1) is 0 Å². The van der Waals surface area contributed by atoms with Crippen LogP contribution in [-0.2, 0) is 14.3 Å². The van der Waals surface area contributed by atoms with Crippen molar-refractivity contribution in [3.63, 3.8) is 0 Å². The molecule has 0 saturated heterocycles. The number of rotatable bonds is 7. The van der Waals surface area contributed by atoms with Crippen molar-refractivity contribution in [1.29, 1.82) is 0 Å². The summed E-state index contributed by atoms with van der Waals surface area (Å²) < 4.78 is 7.81. The van der Waals surface area contributed by atoms with E-state index in [9.17, 15) is 9.59 Å². The van der Waals surface area contributed by atoms with Gasteiger partial charge in [-0.1, -0.05) is 0 Å². The molecule has 0 aliphatic rings. The molecule has 4 nitrogen and oxygen atoms in total. The van der Waals surface area contributed by atoms with Crippen molar-refractivity contribution in [3.05, 3.63) is 0 Å². The molecule has 0 aliphatic heterocycles. The minimum atomic E-state index is -0.464. The second-order valence-electron chi connectivity index (χ2n) is 2.61. The van der Waals surface area contributed by atoms with Gasteiger partial charge in [-0.25, -0.2) is 0 Å². The van der Waals surface area contributed by atoms with Crippen molar-refractivity contribution >= 4 is 38.5 Å². The fourth-order valence-corrected chi connectivity index (χ4v) is 2.16. The van der Waals surface area contributed by atoms with Crippen LogP contribution >= 0.6 is 12.6 Å². The summed E-state index contributed by atoms with van der Waals surface area (Å²) in [5, 5.41) is 0. The number of carbonyl (C=O) groups excluding carboxylic acids is 2. The van der Waals surface area contributed by atoms with Crippen molar-refractivity contribution in [2.24, 2.45) is 0 Å². The third-order valence-corrected chi connectivity index (χ3v) is 3.07. The van der Waals surface area contributed by atoms with Crippen molar-refractivity contribution < 1.29 is 14.3 Å². The third kappa shape index (κ3) is 6.43. The Morgan fingerprint density at radius 1 is 1.57 bits per heavy atom. The molecule has 14 heavy (non-hydrogen) atoms. The van der Waals surface area contributed by atoms with Gasteiger partial charge in [-0.3, -0.25) is 0 Å². The molecular weight excluding hydrogens is 269 g/mol. The molecule has 0 bridgehead atoms. The number of nitrogens with one attached hydrogen (secondary N) is 1. The van der Waals surface area contributed by atoms with E-state index >= 15 is 0 Å². The number of hydrogen-bond donors (Lipinski definition) is 2. The van der Waals surface area contributed by atoms with Crippen molar-refractivity contribution in [3.8, 4) is 0 Å². The number of carbonyl (C=O) groups is 2. The molecule has 0 aromatic rings. The molecule has 0 rings (SSSR count). The molecule has 0 aromatic carbocycles. The summed E-state index contributed by atoms with van der Waals surface area (Å²) in [6.45, 7) is 3.83. The SMILES string of the molecule is CCCOC(=O)[C@H](CS)N[Se]C(C)=O. The van der Waals surface area contributed by atoms with E-state index in [0.29, 0.717) is 12.4 Å². The summed E-state index contributed by atoms with van der Waals surface area (Å²) in [7, 11) is 0. The first-order valence-corrected chi connectivity index (χ1v) is 6.66. The van der Waals surface area contributed by atoms with Gasteiger partial charge in [0.25, 0.3) is 0 Å². The van der Waals surface area contributed by atoms with Crippen LogP contribution in [0.25, 0.3) is 0 Å². The molecule has 0 aromatic heterocycles. The molecule has 6 heteroatoms. The summed E-state index contributed by atoms with van der Waals surface area (Å²) in [5.74, 6) is 0.0161. The van der Waals surface area contributed by atoms with E-state index in [4.69, 9.17) is 4.74 Å². The fraction of sp³-hybridized carbons (Fsp3) is 0.750. The second kappa shape index (κ2) is 8.29. The van der Waals surface area contributed by atoms with Gasteiger partial charge in [0.1, 0.15) is 0 Å². The predicted octanol–water partition coefficient (Wildman–Crippen LogP) is -0.00670. The number of hydrogen-bond acceptors (Lipinski definition) is 5. The molecule has 82 valence electrons. The predicted molar refractivity (Wildman–Crippen MR) is 58.5 cm³/mol. The van der Waals surface area contributed by atoms with Crippen LogP contribution in [0.5, 0.6) is 0 Å². The average Bonchev–Trinajstić information content (AvgIpc) is 2.15. The number of esters is 1. The quantitative estimate of drug-likeness (QED) is 0.392. The van der Waals surface area contributed by atoms with Gasteiger partial charge in [-0.05, 0) is 0 Å². The Morgan fingerprint density at radius 2 is 2.21 bits per heavy atom. The number of ether oxygens (including phenoxy) is 1. The minimum absolute atomic E-state index is 0.0487. The van der Waals surface area contributed by atoms with E-state index in [-0.39, 0.29) is 25.8 Å². The van der Waals surface area contributed by atoms with Crippen LogP contribution in [-0.4, -0.2) is 44.2 Å². The van der Waals surface area contributed by atoms with Gasteiger partial charge < -0.3 is 0 Å². The zero-order chi connectivity index (χ0) is 11.0. The Balaban J connectivity index is 3.86. The van der Waals surface area contributed by atoms with Crippen LogP contribution in [0.3, 0.4) is 0 Å². The first kappa shape index (κ1) is 14.0. The van der Waals surface area contributed by atoms with Crippen LogP contribution in [0.15, 0.2) is 0 Å². The van der Waals surface area contributed by atoms with Crippen LogP contribution in [0.2, 0.25) is 0 Å². The van der Waals surface area contributed by atoms with E-state index < -0.39 is 6.04 Å².